The van der Waals surface area contributed by atoms with Crippen LogP contribution < -0.4 is 20.1 Å². The molecule has 3 rings (SSSR count). The number of aliphatic imine (C=N–C) groups is 1. The van der Waals surface area contributed by atoms with Gasteiger partial charge in [0.25, 0.3) is 0 Å². The first kappa shape index (κ1) is 21.6. The van der Waals surface area contributed by atoms with Crippen molar-refractivity contribution in [3.8, 4) is 11.5 Å². The molecule has 2 aromatic carbocycles. The van der Waals surface area contributed by atoms with Crippen LogP contribution in [0.3, 0.4) is 0 Å². The molecule has 0 saturated heterocycles. The van der Waals surface area contributed by atoms with E-state index < -0.39 is 0 Å². The van der Waals surface area contributed by atoms with Crippen molar-refractivity contribution in [3.05, 3.63) is 59.8 Å². The summed E-state index contributed by atoms with van der Waals surface area (Å²) >= 11 is 0. The predicted molar refractivity (Wildman–Crippen MR) is 124 cm³/mol. The number of ether oxygens (including phenoxy) is 2. The molecule has 6 nitrogen and oxygen atoms in total. The molecule has 0 saturated carbocycles. The third kappa shape index (κ3) is 5.69. The molecule has 1 heterocycles. The molecule has 0 aliphatic heterocycles. The lowest BCUT2D eigenvalue weighted by Crippen LogP contribution is -2.38. The third-order valence-corrected chi connectivity index (χ3v) is 5.05. The van der Waals surface area contributed by atoms with Crippen LogP contribution in [0.2, 0.25) is 0 Å². The van der Waals surface area contributed by atoms with E-state index >= 15 is 0 Å². The average molecular weight is 409 g/mol. The van der Waals surface area contributed by atoms with Crippen LogP contribution in [-0.2, 0) is 12.8 Å². The number of nitrogens with zero attached hydrogens (tertiary/aromatic N) is 1. The Balaban J connectivity index is 1.41. The minimum absolute atomic E-state index is 0.627. The molecule has 0 amide bonds. The summed E-state index contributed by atoms with van der Waals surface area (Å²) in [7, 11) is 3.47. The molecule has 0 unspecified atom stereocenters. The standard InChI is InChI=1S/C24H32N4O2/c1-4-30-23-16-18(11-12-22(23)29-3)8-7-14-26-24(25-2)27-15-13-19-17-28-21-10-6-5-9-20(19)21/h5-6,9-12,16-17,28H,4,7-8,13-15H2,1-3H3,(H2,25,26,27). The van der Waals surface area contributed by atoms with Crippen molar-refractivity contribution in [2.45, 2.75) is 26.2 Å². The fraction of sp³-hybridized carbons (Fsp3) is 0.375. The van der Waals surface area contributed by atoms with Gasteiger partial charge >= 0.3 is 0 Å². The number of benzene rings is 2. The predicted octanol–water partition coefficient (Wildman–Crippen LogP) is 3.92. The minimum atomic E-state index is 0.627. The van der Waals surface area contributed by atoms with Crippen LogP contribution in [0, 0.1) is 0 Å². The number of para-hydroxylation sites is 1. The van der Waals surface area contributed by atoms with Crippen molar-refractivity contribution < 1.29 is 9.47 Å². The van der Waals surface area contributed by atoms with Crippen LogP contribution in [0.1, 0.15) is 24.5 Å². The first-order valence-corrected chi connectivity index (χ1v) is 10.5. The zero-order chi connectivity index (χ0) is 21.2. The zero-order valence-corrected chi connectivity index (χ0v) is 18.1. The number of fused-ring (bicyclic) bond motifs is 1. The van der Waals surface area contributed by atoms with Crippen molar-refractivity contribution in [2.75, 3.05) is 33.9 Å². The molecule has 0 aliphatic rings. The number of methoxy groups -OCH3 is 1. The maximum atomic E-state index is 5.66. The molecule has 0 bridgehead atoms. The highest BCUT2D eigenvalue weighted by Crippen LogP contribution is 2.28. The molecule has 0 spiro atoms. The second-order valence-corrected chi connectivity index (χ2v) is 7.06. The highest BCUT2D eigenvalue weighted by Gasteiger charge is 2.06. The van der Waals surface area contributed by atoms with Gasteiger partial charge in [-0.15, -0.1) is 0 Å². The van der Waals surface area contributed by atoms with E-state index in [0.717, 1.165) is 49.8 Å². The van der Waals surface area contributed by atoms with Gasteiger partial charge in [0.05, 0.1) is 13.7 Å². The molecule has 0 fully saturated rings. The monoisotopic (exact) mass is 408 g/mol. The number of aromatic amines is 1. The van der Waals surface area contributed by atoms with E-state index in [2.05, 4.69) is 63.2 Å². The summed E-state index contributed by atoms with van der Waals surface area (Å²) in [5, 5.41) is 8.08. The number of hydrogen-bond donors (Lipinski definition) is 3. The fourth-order valence-corrected chi connectivity index (χ4v) is 3.52. The summed E-state index contributed by atoms with van der Waals surface area (Å²) < 4.78 is 11.0. The molecule has 30 heavy (non-hydrogen) atoms. The quantitative estimate of drug-likeness (QED) is 0.270. The summed E-state index contributed by atoms with van der Waals surface area (Å²) in [5.74, 6) is 2.42. The number of aryl methyl sites for hydroxylation is 1. The Morgan fingerprint density at radius 1 is 1.03 bits per heavy atom. The van der Waals surface area contributed by atoms with Crippen molar-refractivity contribution in [1.29, 1.82) is 0 Å². The summed E-state index contributed by atoms with van der Waals surface area (Å²) in [6, 6.07) is 14.5. The molecule has 160 valence electrons. The Kier molecular flexibility index (Phi) is 8.01. The maximum Gasteiger partial charge on any atom is 0.190 e. The Morgan fingerprint density at radius 2 is 1.87 bits per heavy atom. The Labute approximate surface area is 178 Å². The number of rotatable bonds is 10. The van der Waals surface area contributed by atoms with Crippen LogP contribution in [-0.4, -0.2) is 44.8 Å². The number of guanidine groups is 1. The Morgan fingerprint density at radius 3 is 2.67 bits per heavy atom. The molecule has 0 atom stereocenters. The second-order valence-electron chi connectivity index (χ2n) is 7.06. The van der Waals surface area contributed by atoms with Gasteiger partial charge in [0.15, 0.2) is 17.5 Å². The van der Waals surface area contributed by atoms with Gasteiger partial charge in [-0.2, -0.15) is 0 Å². The van der Waals surface area contributed by atoms with E-state index in [1.165, 1.54) is 22.0 Å². The summed E-state index contributed by atoms with van der Waals surface area (Å²) in [5.41, 5.74) is 3.74. The summed E-state index contributed by atoms with van der Waals surface area (Å²) in [6.07, 6.45) is 5.00. The molecule has 3 aromatic rings. The lowest BCUT2D eigenvalue weighted by Gasteiger charge is -2.13. The van der Waals surface area contributed by atoms with E-state index in [-0.39, 0.29) is 0 Å². The van der Waals surface area contributed by atoms with Gasteiger partial charge in [0.1, 0.15) is 0 Å². The van der Waals surface area contributed by atoms with Crippen molar-refractivity contribution in [1.82, 2.24) is 15.6 Å². The molecule has 0 aliphatic carbocycles. The van der Waals surface area contributed by atoms with E-state index in [4.69, 9.17) is 9.47 Å². The van der Waals surface area contributed by atoms with E-state index in [1.807, 2.05) is 13.0 Å². The van der Waals surface area contributed by atoms with Crippen LogP contribution in [0.4, 0.5) is 0 Å². The highest BCUT2D eigenvalue weighted by atomic mass is 16.5. The van der Waals surface area contributed by atoms with E-state index in [9.17, 15) is 0 Å². The highest BCUT2D eigenvalue weighted by molar-refractivity contribution is 5.83. The molecular weight excluding hydrogens is 376 g/mol. The van der Waals surface area contributed by atoms with Gasteiger partial charge in [-0.3, -0.25) is 4.99 Å². The molecule has 3 N–H and O–H groups in total. The SMILES string of the molecule is CCOc1cc(CCCNC(=NC)NCCc2c[nH]c3ccccc23)ccc1OC. The lowest BCUT2D eigenvalue weighted by atomic mass is 10.1. The van der Waals surface area contributed by atoms with Crippen molar-refractivity contribution in [3.63, 3.8) is 0 Å². The van der Waals surface area contributed by atoms with Crippen molar-refractivity contribution in [2.24, 2.45) is 4.99 Å². The van der Waals surface area contributed by atoms with Gasteiger partial charge in [-0.1, -0.05) is 24.3 Å². The Bertz CT molecular complexity index is 965. The molecule has 6 heteroatoms. The first-order valence-electron chi connectivity index (χ1n) is 10.5. The zero-order valence-electron chi connectivity index (χ0n) is 18.1. The van der Waals surface area contributed by atoms with Gasteiger partial charge in [0.2, 0.25) is 0 Å². The van der Waals surface area contributed by atoms with Gasteiger partial charge in [0, 0.05) is 37.2 Å². The van der Waals surface area contributed by atoms with Crippen LogP contribution in [0.15, 0.2) is 53.7 Å². The van der Waals surface area contributed by atoms with Crippen LogP contribution >= 0.6 is 0 Å². The smallest absolute Gasteiger partial charge is 0.190 e. The van der Waals surface area contributed by atoms with Crippen LogP contribution in [0.25, 0.3) is 10.9 Å². The molecule has 1 aromatic heterocycles. The molecular formula is C24H32N4O2. The minimum Gasteiger partial charge on any atom is -0.493 e. The van der Waals surface area contributed by atoms with E-state index in [0.29, 0.717) is 6.61 Å². The Hall–Kier alpha value is -3.15. The van der Waals surface area contributed by atoms with Crippen molar-refractivity contribution >= 4 is 16.9 Å². The summed E-state index contributed by atoms with van der Waals surface area (Å²) in [4.78, 5) is 7.65. The maximum absolute atomic E-state index is 5.66. The van der Waals surface area contributed by atoms with Crippen LogP contribution in [0.5, 0.6) is 11.5 Å². The lowest BCUT2D eigenvalue weighted by molar-refractivity contribution is 0.310. The first-order chi connectivity index (χ1) is 14.7. The number of aromatic nitrogens is 1. The van der Waals surface area contributed by atoms with E-state index in [1.54, 1.807) is 14.2 Å². The van der Waals surface area contributed by atoms with Gasteiger partial charge in [-0.05, 0) is 55.5 Å². The number of H-pyrrole nitrogens is 1. The second kappa shape index (κ2) is 11.1. The normalized spacial score (nSPS) is 11.5. The fourth-order valence-electron chi connectivity index (χ4n) is 3.52. The largest absolute Gasteiger partial charge is 0.493 e. The molecule has 0 radical (unpaired) electrons. The van der Waals surface area contributed by atoms with Gasteiger partial charge < -0.3 is 25.1 Å². The van der Waals surface area contributed by atoms with Gasteiger partial charge in [-0.25, -0.2) is 0 Å². The average Bonchev–Trinajstić information content (AvgIpc) is 3.19. The topological polar surface area (TPSA) is 70.7 Å². The number of hydrogen-bond acceptors (Lipinski definition) is 3. The third-order valence-electron chi connectivity index (χ3n) is 5.05. The number of nitrogens with one attached hydrogen (secondary N) is 3. The summed E-state index contributed by atoms with van der Waals surface area (Å²) in [6.45, 7) is 4.29.